The average Bonchev–Trinajstić information content (AvgIpc) is 2.56. The Morgan fingerprint density at radius 2 is 1.88 bits per heavy atom. The molecule has 1 heterocycles. The molecule has 3 N–H and O–H groups in total. The first-order chi connectivity index (χ1) is 10.9. The number of carbonyl (C=O) groups excluding carboxylic acids is 2. The molecule has 24 heavy (non-hydrogen) atoms. The number of carbonyl (C=O) groups is 2. The van der Waals surface area contributed by atoms with Crippen LogP contribution in [0.2, 0.25) is 0 Å². The van der Waals surface area contributed by atoms with Gasteiger partial charge < -0.3 is 20.7 Å². The summed E-state index contributed by atoms with van der Waals surface area (Å²) < 4.78 is 5.27. The minimum Gasteiger partial charge on any atom is -0.378 e. The fraction of sp³-hybridized carbons (Fsp3) is 0.529. The van der Waals surface area contributed by atoms with Gasteiger partial charge in [0, 0.05) is 30.4 Å². The number of aryl methyl sites for hydroxylation is 1. The number of rotatable bonds is 4. The third kappa shape index (κ3) is 4.93. The third-order valence-corrected chi connectivity index (χ3v) is 4.24. The molecule has 1 aliphatic heterocycles. The highest BCUT2D eigenvalue weighted by atomic mass is 35.5. The minimum atomic E-state index is -0.298. The normalized spacial score (nSPS) is 16.8. The molecule has 0 bridgehead atoms. The maximum Gasteiger partial charge on any atom is 0.254 e. The number of hydrogen-bond donors (Lipinski definition) is 2. The van der Waals surface area contributed by atoms with E-state index in [1.807, 2.05) is 13.0 Å². The summed E-state index contributed by atoms with van der Waals surface area (Å²) in [4.78, 5) is 26.5. The van der Waals surface area contributed by atoms with Crippen LogP contribution in [-0.4, -0.2) is 49.1 Å². The van der Waals surface area contributed by atoms with E-state index in [2.05, 4.69) is 5.32 Å². The van der Waals surface area contributed by atoms with Crippen LogP contribution in [0.5, 0.6) is 0 Å². The number of ether oxygens (including phenoxy) is 1. The molecule has 0 aromatic heterocycles. The number of amides is 2. The smallest absolute Gasteiger partial charge is 0.254 e. The predicted molar refractivity (Wildman–Crippen MR) is 96.6 cm³/mol. The summed E-state index contributed by atoms with van der Waals surface area (Å²) in [6.07, 6.45) is 0. The highest BCUT2D eigenvalue weighted by Gasteiger charge is 2.21. The summed E-state index contributed by atoms with van der Waals surface area (Å²) >= 11 is 0. The van der Waals surface area contributed by atoms with Crippen LogP contribution in [0.3, 0.4) is 0 Å². The van der Waals surface area contributed by atoms with E-state index in [1.54, 1.807) is 30.9 Å². The van der Waals surface area contributed by atoms with Gasteiger partial charge in [-0.1, -0.05) is 13.0 Å². The summed E-state index contributed by atoms with van der Waals surface area (Å²) in [5.74, 6) is -0.476. The van der Waals surface area contributed by atoms with Crippen LogP contribution in [0.1, 0.15) is 29.8 Å². The van der Waals surface area contributed by atoms with Gasteiger partial charge in [-0.3, -0.25) is 9.59 Å². The molecule has 2 amide bonds. The number of nitrogens with zero attached hydrogens (tertiary/aromatic N) is 1. The van der Waals surface area contributed by atoms with Crippen LogP contribution >= 0.6 is 12.4 Å². The van der Waals surface area contributed by atoms with Gasteiger partial charge in [0.2, 0.25) is 5.91 Å². The zero-order valence-corrected chi connectivity index (χ0v) is 15.2. The van der Waals surface area contributed by atoms with Crippen LogP contribution in [0.15, 0.2) is 18.2 Å². The Bertz CT molecular complexity index is 586. The van der Waals surface area contributed by atoms with E-state index in [9.17, 15) is 9.59 Å². The zero-order valence-electron chi connectivity index (χ0n) is 14.4. The summed E-state index contributed by atoms with van der Waals surface area (Å²) in [7, 11) is 0. The lowest BCUT2D eigenvalue weighted by atomic mass is 10.0. The molecule has 0 spiro atoms. The summed E-state index contributed by atoms with van der Waals surface area (Å²) in [5.41, 5.74) is 7.91. The molecule has 1 aliphatic rings. The standard InChI is InChI=1S/C17H25N3O3.ClH/c1-11-4-5-14(17(22)20-6-8-23-9-7-20)10-15(11)19-16(21)12(2)13(3)18;/h4-5,10,12-13H,6-9,18H2,1-3H3,(H,19,21);1H. The van der Waals surface area contributed by atoms with Gasteiger partial charge in [0.1, 0.15) is 0 Å². The number of nitrogens with two attached hydrogens (primary N) is 1. The van der Waals surface area contributed by atoms with Crippen molar-refractivity contribution in [3.05, 3.63) is 29.3 Å². The van der Waals surface area contributed by atoms with Gasteiger partial charge in [-0.15, -0.1) is 12.4 Å². The summed E-state index contributed by atoms with van der Waals surface area (Å²) in [6.45, 7) is 7.80. The molecule has 0 radical (unpaired) electrons. The molecular weight excluding hydrogens is 330 g/mol. The number of anilines is 1. The van der Waals surface area contributed by atoms with Gasteiger partial charge in [-0.25, -0.2) is 0 Å². The largest absolute Gasteiger partial charge is 0.378 e. The van der Waals surface area contributed by atoms with Gasteiger partial charge in [0.15, 0.2) is 0 Å². The van der Waals surface area contributed by atoms with E-state index in [1.165, 1.54) is 0 Å². The fourth-order valence-electron chi connectivity index (χ4n) is 2.32. The molecule has 1 fully saturated rings. The van der Waals surface area contributed by atoms with Gasteiger partial charge in [0.05, 0.1) is 19.1 Å². The van der Waals surface area contributed by atoms with Gasteiger partial charge in [-0.2, -0.15) is 0 Å². The number of hydrogen-bond acceptors (Lipinski definition) is 4. The molecule has 1 aromatic rings. The molecule has 2 atom stereocenters. The molecule has 1 saturated heterocycles. The van der Waals surface area contributed by atoms with Crippen molar-refractivity contribution in [2.24, 2.45) is 11.7 Å². The zero-order chi connectivity index (χ0) is 17.0. The van der Waals surface area contributed by atoms with Gasteiger partial charge in [-0.05, 0) is 31.5 Å². The van der Waals surface area contributed by atoms with Crippen molar-refractivity contribution in [3.63, 3.8) is 0 Å². The Kier molecular flexibility index (Phi) is 7.66. The molecule has 0 aliphatic carbocycles. The van der Waals surface area contributed by atoms with Crippen molar-refractivity contribution in [1.82, 2.24) is 4.90 Å². The highest BCUT2D eigenvalue weighted by Crippen LogP contribution is 2.20. The Hall–Kier alpha value is -1.63. The van der Waals surface area contributed by atoms with Crippen molar-refractivity contribution in [1.29, 1.82) is 0 Å². The number of halogens is 1. The number of benzene rings is 1. The lowest BCUT2D eigenvalue weighted by molar-refractivity contribution is -0.119. The second kappa shape index (κ2) is 9.01. The monoisotopic (exact) mass is 355 g/mol. The second-order valence-corrected chi connectivity index (χ2v) is 6.07. The lowest BCUT2D eigenvalue weighted by Crippen LogP contribution is -2.40. The van der Waals surface area contributed by atoms with Crippen LogP contribution in [0.25, 0.3) is 0 Å². The maximum atomic E-state index is 12.5. The van der Waals surface area contributed by atoms with E-state index in [0.717, 1.165) is 5.56 Å². The van der Waals surface area contributed by atoms with Gasteiger partial charge in [0.25, 0.3) is 5.91 Å². The Balaban J connectivity index is 0.00000288. The van der Waals surface area contributed by atoms with E-state index in [0.29, 0.717) is 37.6 Å². The van der Waals surface area contributed by atoms with Crippen LogP contribution in [0, 0.1) is 12.8 Å². The van der Waals surface area contributed by atoms with Crippen molar-refractivity contribution in [2.45, 2.75) is 26.8 Å². The van der Waals surface area contributed by atoms with E-state index >= 15 is 0 Å². The average molecular weight is 356 g/mol. The fourth-order valence-corrected chi connectivity index (χ4v) is 2.32. The Morgan fingerprint density at radius 3 is 2.46 bits per heavy atom. The van der Waals surface area contributed by atoms with Crippen LogP contribution in [-0.2, 0) is 9.53 Å². The van der Waals surface area contributed by atoms with Crippen molar-refractivity contribution < 1.29 is 14.3 Å². The first-order valence-electron chi connectivity index (χ1n) is 7.94. The molecule has 7 heteroatoms. The third-order valence-electron chi connectivity index (χ3n) is 4.24. The van der Waals surface area contributed by atoms with Crippen molar-refractivity contribution >= 4 is 29.9 Å². The number of morpholine rings is 1. The second-order valence-electron chi connectivity index (χ2n) is 6.07. The first-order valence-corrected chi connectivity index (χ1v) is 7.94. The summed E-state index contributed by atoms with van der Waals surface area (Å²) in [5, 5.41) is 2.88. The molecule has 2 unspecified atom stereocenters. The highest BCUT2D eigenvalue weighted by molar-refractivity contribution is 5.98. The number of nitrogens with one attached hydrogen (secondary N) is 1. The Labute approximate surface area is 149 Å². The van der Waals surface area contributed by atoms with E-state index in [-0.39, 0.29) is 36.2 Å². The summed E-state index contributed by atoms with van der Waals surface area (Å²) in [6, 6.07) is 5.14. The van der Waals surface area contributed by atoms with Crippen LogP contribution in [0.4, 0.5) is 5.69 Å². The Morgan fingerprint density at radius 1 is 1.25 bits per heavy atom. The van der Waals surface area contributed by atoms with Crippen molar-refractivity contribution in [2.75, 3.05) is 31.6 Å². The van der Waals surface area contributed by atoms with Crippen LogP contribution < -0.4 is 11.1 Å². The predicted octanol–water partition coefficient (Wildman–Crippen LogP) is 1.81. The van der Waals surface area contributed by atoms with E-state index < -0.39 is 0 Å². The molecule has 1 aromatic carbocycles. The van der Waals surface area contributed by atoms with E-state index in [4.69, 9.17) is 10.5 Å². The van der Waals surface area contributed by atoms with Gasteiger partial charge >= 0.3 is 0 Å². The molecule has 6 nitrogen and oxygen atoms in total. The molecule has 134 valence electrons. The molecular formula is C17H26ClN3O3. The molecule has 0 saturated carbocycles. The minimum absolute atomic E-state index is 0. The maximum absolute atomic E-state index is 12.5. The lowest BCUT2D eigenvalue weighted by Gasteiger charge is -2.27. The van der Waals surface area contributed by atoms with Crippen molar-refractivity contribution in [3.8, 4) is 0 Å². The quantitative estimate of drug-likeness (QED) is 0.862. The SMILES string of the molecule is Cc1ccc(C(=O)N2CCOCC2)cc1NC(=O)C(C)C(C)N.Cl. The molecule has 2 rings (SSSR count). The topological polar surface area (TPSA) is 84.7 Å². The first kappa shape index (κ1) is 20.4.